The maximum absolute atomic E-state index is 5.54. The number of aromatic nitrogens is 2. The van der Waals surface area contributed by atoms with Crippen LogP contribution in [0.1, 0.15) is 32.0 Å². The summed E-state index contributed by atoms with van der Waals surface area (Å²) < 4.78 is 9.46. The van der Waals surface area contributed by atoms with Crippen molar-refractivity contribution in [1.82, 2.24) is 9.36 Å². The third-order valence-corrected chi connectivity index (χ3v) is 3.41. The molecule has 0 atom stereocenters. The molecular formula is C11H20N4OS2. The van der Waals surface area contributed by atoms with E-state index in [1.54, 1.807) is 7.11 Å². The summed E-state index contributed by atoms with van der Waals surface area (Å²) in [5.41, 5.74) is 5.54. The van der Waals surface area contributed by atoms with Crippen LogP contribution < -0.4 is 10.6 Å². The van der Waals surface area contributed by atoms with Crippen LogP contribution in [-0.2, 0) is 4.74 Å². The van der Waals surface area contributed by atoms with E-state index in [2.05, 4.69) is 28.1 Å². The lowest BCUT2D eigenvalue weighted by Gasteiger charge is -2.20. The molecule has 18 heavy (non-hydrogen) atoms. The third-order valence-electron chi connectivity index (χ3n) is 2.41. The lowest BCUT2D eigenvalue weighted by atomic mass is 10.2. The summed E-state index contributed by atoms with van der Waals surface area (Å²) in [4.78, 5) is 7.17. The van der Waals surface area contributed by atoms with Crippen molar-refractivity contribution in [1.29, 1.82) is 0 Å². The van der Waals surface area contributed by atoms with E-state index in [1.807, 2.05) is 0 Å². The molecule has 7 heteroatoms. The van der Waals surface area contributed by atoms with E-state index in [4.69, 9.17) is 22.7 Å². The molecule has 5 nitrogen and oxygen atoms in total. The largest absolute Gasteiger partial charge is 0.393 e. The first kappa shape index (κ1) is 15.3. The maximum atomic E-state index is 5.54. The molecule has 0 amide bonds. The Morgan fingerprint density at radius 3 is 2.72 bits per heavy atom. The molecule has 1 aromatic heterocycles. The Balaban J connectivity index is 2.69. The smallest absolute Gasteiger partial charge is 0.205 e. The summed E-state index contributed by atoms with van der Waals surface area (Å²) in [6.45, 7) is 6.34. The van der Waals surface area contributed by atoms with Gasteiger partial charge < -0.3 is 15.4 Å². The monoisotopic (exact) mass is 288 g/mol. The quantitative estimate of drug-likeness (QED) is 0.736. The third kappa shape index (κ3) is 4.83. The van der Waals surface area contributed by atoms with Crippen LogP contribution in [0.15, 0.2) is 0 Å². The van der Waals surface area contributed by atoms with E-state index in [1.165, 1.54) is 11.5 Å². The van der Waals surface area contributed by atoms with Crippen LogP contribution in [-0.4, -0.2) is 41.2 Å². The molecule has 0 aliphatic heterocycles. The Morgan fingerprint density at radius 2 is 2.22 bits per heavy atom. The summed E-state index contributed by atoms with van der Waals surface area (Å²) in [7, 11) is 1.69. The standard InChI is InChI=1S/C11H20N4OS2/c1-8(2)10-13-11(18-14-10)15(6-7-16-3)5-4-9(12)17/h8H,4-7H2,1-3H3,(H2,12,17). The maximum Gasteiger partial charge on any atom is 0.205 e. The molecule has 0 radical (unpaired) electrons. The molecule has 0 aliphatic rings. The van der Waals surface area contributed by atoms with E-state index in [0.717, 1.165) is 24.0 Å². The highest BCUT2D eigenvalue weighted by atomic mass is 32.1. The highest BCUT2D eigenvalue weighted by Gasteiger charge is 2.14. The Labute approximate surface area is 118 Å². The van der Waals surface area contributed by atoms with Gasteiger partial charge in [-0.25, -0.2) is 4.98 Å². The van der Waals surface area contributed by atoms with Gasteiger partial charge in [-0.15, -0.1) is 0 Å². The first-order valence-electron chi connectivity index (χ1n) is 5.90. The summed E-state index contributed by atoms with van der Waals surface area (Å²) in [5, 5.41) is 0.909. The van der Waals surface area contributed by atoms with Crippen LogP contribution in [0.3, 0.4) is 0 Å². The number of hydrogen-bond donors (Lipinski definition) is 1. The zero-order chi connectivity index (χ0) is 13.5. The van der Waals surface area contributed by atoms with Gasteiger partial charge >= 0.3 is 0 Å². The molecule has 2 N–H and O–H groups in total. The lowest BCUT2D eigenvalue weighted by molar-refractivity contribution is 0.205. The number of hydrogen-bond acceptors (Lipinski definition) is 6. The molecule has 1 rings (SSSR count). The van der Waals surface area contributed by atoms with Gasteiger partial charge in [0.2, 0.25) is 5.13 Å². The fourth-order valence-corrected chi connectivity index (χ4v) is 2.29. The summed E-state index contributed by atoms with van der Waals surface area (Å²) in [6.07, 6.45) is 0.676. The summed E-state index contributed by atoms with van der Waals surface area (Å²) >= 11 is 6.32. The second-order valence-corrected chi connectivity index (χ2v) is 5.54. The molecule has 1 aromatic rings. The predicted octanol–water partition coefficient (Wildman–Crippen LogP) is 1.79. The fraction of sp³-hybridized carbons (Fsp3) is 0.727. The zero-order valence-corrected chi connectivity index (χ0v) is 12.7. The molecule has 0 aliphatic carbocycles. The van der Waals surface area contributed by atoms with Gasteiger partial charge in [-0.2, -0.15) is 4.37 Å². The van der Waals surface area contributed by atoms with Crippen LogP contribution in [0.25, 0.3) is 0 Å². The lowest BCUT2D eigenvalue weighted by Crippen LogP contribution is -2.30. The van der Waals surface area contributed by atoms with E-state index in [-0.39, 0.29) is 0 Å². The highest BCUT2D eigenvalue weighted by molar-refractivity contribution is 7.80. The van der Waals surface area contributed by atoms with Crippen LogP contribution in [0.4, 0.5) is 5.13 Å². The van der Waals surface area contributed by atoms with Crippen LogP contribution in [0.2, 0.25) is 0 Å². The van der Waals surface area contributed by atoms with Crippen molar-refractivity contribution < 1.29 is 4.74 Å². The number of thiocarbonyl (C=S) groups is 1. The Kier molecular flexibility index (Phi) is 6.45. The highest BCUT2D eigenvalue weighted by Crippen LogP contribution is 2.21. The van der Waals surface area contributed by atoms with E-state index >= 15 is 0 Å². The molecule has 0 aromatic carbocycles. The Bertz CT molecular complexity index is 381. The normalized spacial score (nSPS) is 10.9. The topological polar surface area (TPSA) is 64.3 Å². The van der Waals surface area contributed by atoms with Gasteiger partial charge in [0.05, 0.1) is 11.6 Å². The van der Waals surface area contributed by atoms with E-state index in [0.29, 0.717) is 23.9 Å². The molecular weight excluding hydrogens is 268 g/mol. The number of nitrogens with two attached hydrogens (primary N) is 1. The zero-order valence-electron chi connectivity index (χ0n) is 11.0. The minimum absolute atomic E-state index is 0.342. The van der Waals surface area contributed by atoms with Crippen LogP contribution in [0, 0.1) is 0 Å². The molecule has 0 bridgehead atoms. The minimum Gasteiger partial charge on any atom is -0.393 e. The second-order valence-electron chi connectivity index (χ2n) is 4.29. The molecule has 102 valence electrons. The first-order valence-corrected chi connectivity index (χ1v) is 7.08. The summed E-state index contributed by atoms with van der Waals surface area (Å²) in [6, 6.07) is 0. The molecule has 0 unspecified atom stereocenters. The predicted molar refractivity (Wildman–Crippen MR) is 79.5 cm³/mol. The molecule has 0 spiro atoms. The van der Waals surface area contributed by atoms with Crippen LogP contribution in [0.5, 0.6) is 0 Å². The van der Waals surface area contributed by atoms with Crippen molar-refractivity contribution in [2.24, 2.45) is 5.73 Å². The average molecular weight is 288 g/mol. The summed E-state index contributed by atoms with van der Waals surface area (Å²) in [5.74, 6) is 1.22. The average Bonchev–Trinajstić information content (AvgIpc) is 2.78. The Morgan fingerprint density at radius 1 is 1.50 bits per heavy atom. The van der Waals surface area contributed by atoms with Crippen molar-refractivity contribution in [3.63, 3.8) is 0 Å². The van der Waals surface area contributed by atoms with E-state index in [9.17, 15) is 0 Å². The molecule has 0 saturated carbocycles. The van der Waals surface area contributed by atoms with E-state index < -0.39 is 0 Å². The Hall–Kier alpha value is -0.790. The van der Waals surface area contributed by atoms with Gasteiger partial charge in [-0.3, -0.25) is 0 Å². The van der Waals surface area contributed by atoms with Crippen molar-refractivity contribution in [2.45, 2.75) is 26.2 Å². The van der Waals surface area contributed by atoms with Crippen LogP contribution >= 0.6 is 23.8 Å². The van der Waals surface area contributed by atoms with Crippen molar-refractivity contribution in [2.75, 3.05) is 31.7 Å². The number of anilines is 1. The number of ether oxygens (including phenoxy) is 1. The SMILES string of the molecule is COCCN(CCC(N)=S)c1nc(C(C)C)ns1. The number of methoxy groups -OCH3 is 1. The molecule has 1 heterocycles. The number of rotatable bonds is 8. The number of nitrogens with zero attached hydrogens (tertiary/aromatic N) is 3. The van der Waals surface area contributed by atoms with Gasteiger partial charge in [0, 0.05) is 44.1 Å². The van der Waals surface area contributed by atoms with Gasteiger partial charge in [0.15, 0.2) is 0 Å². The van der Waals surface area contributed by atoms with Gasteiger partial charge in [0.25, 0.3) is 0 Å². The van der Waals surface area contributed by atoms with Crippen molar-refractivity contribution in [3.05, 3.63) is 5.82 Å². The first-order chi connectivity index (χ1) is 8.54. The van der Waals surface area contributed by atoms with Crippen molar-refractivity contribution >= 4 is 33.9 Å². The second kappa shape index (κ2) is 7.60. The molecule has 0 fully saturated rings. The van der Waals surface area contributed by atoms with Gasteiger partial charge in [0.1, 0.15) is 5.82 Å². The molecule has 0 saturated heterocycles. The minimum atomic E-state index is 0.342. The fourth-order valence-electron chi connectivity index (χ4n) is 1.34. The van der Waals surface area contributed by atoms with Crippen molar-refractivity contribution in [3.8, 4) is 0 Å². The van der Waals surface area contributed by atoms with Gasteiger partial charge in [-0.1, -0.05) is 26.1 Å². The van der Waals surface area contributed by atoms with Gasteiger partial charge in [-0.05, 0) is 0 Å².